The lowest BCUT2D eigenvalue weighted by Gasteiger charge is -2.32. The molecule has 0 bridgehead atoms. The Morgan fingerprint density at radius 2 is 1.70 bits per heavy atom. The van der Waals surface area contributed by atoms with Crippen molar-refractivity contribution in [2.45, 2.75) is 0 Å². The number of anilines is 1. The van der Waals surface area contributed by atoms with Gasteiger partial charge in [-0.25, -0.2) is 4.39 Å². The highest BCUT2D eigenvalue weighted by atomic mass is 19.1. The molecule has 2 aromatic carbocycles. The fourth-order valence-corrected chi connectivity index (χ4v) is 2.79. The highest BCUT2D eigenvalue weighted by molar-refractivity contribution is 5.96. The molecule has 0 saturated carbocycles. The molecule has 0 atom stereocenters. The Morgan fingerprint density at radius 3 is 2.37 bits per heavy atom. The van der Waals surface area contributed by atoms with E-state index in [2.05, 4.69) is 10.2 Å². The van der Waals surface area contributed by atoms with Gasteiger partial charge in [-0.3, -0.25) is 9.59 Å². The van der Waals surface area contributed by atoms with Crippen LogP contribution < -0.4 is 10.1 Å². The van der Waals surface area contributed by atoms with Gasteiger partial charge in [0.15, 0.2) is 18.2 Å². The Hall–Kier alpha value is -2.93. The monoisotopic (exact) mass is 371 g/mol. The predicted octanol–water partition coefficient (Wildman–Crippen LogP) is 2.23. The van der Waals surface area contributed by atoms with E-state index in [0.717, 1.165) is 13.1 Å². The normalized spacial score (nSPS) is 14.7. The number of piperazine rings is 1. The molecule has 1 aliphatic heterocycles. The van der Waals surface area contributed by atoms with Crippen LogP contribution in [0.1, 0.15) is 10.4 Å². The third-order valence-corrected chi connectivity index (χ3v) is 4.40. The molecule has 142 valence electrons. The molecule has 6 nitrogen and oxygen atoms in total. The Bertz CT molecular complexity index is 802. The topological polar surface area (TPSA) is 61.9 Å². The first-order valence-electron chi connectivity index (χ1n) is 8.78. The molecule has 0 radical (unpaired) electrons. The summed E-state index contributed by atoms with van der Waals surface area (Å²) in [5.74, 6) is -0.905. The van der Waals surface area contributed by atoms with Gasteiger partial charge in [-0.1, -0.05) is 12.1 Å². The molecule has 2 aromatic rings. The summed E-state index contributed by atoms with van der Waals surface area (Å²) in [6.45, 7) is 2.84. The number of amides is 2. The van der Waals surface area contributed by atoms with Crippen molar-refractivity contribution in [2.75, 3.05) is 45.2 Å². The second-order valence-corrected chi connectivity index (χ2v) is 6.44. The number of halogens is 1. The molecular weight excluding hydrogens is 349 g/mol. The molecule has 1 fully saturated rings. The van der Waals surface area contributed by atoms with Crippen LogP contribution in [0.25, 0.3) is 0 Å². The van der Waals surface area contributed by atoms with Crippen molar-refractivity contribution in [3.63, 3.8) is 0 Å². The number of carbonyl (C=O) groups excluding carboxylic acids is 2. The summed E-state index contributed by atoms with van der Waals surface area (Å²) in [6, 6.07) is 12.6. The number of likely N-dealkylation sites (N-methyl/N-ethyl adjacent to an activating group) is 1. The number of para-hydroxylation sites is 1. The van der Waals surface area contributed by atoms with Gasteiger partial charge in [-0.15, -0.1) is 0 Å². The Balaban J connectivity index is 1.52. The predicted molar refractivity (Wildman–Crippen MR) is 100 cm³/mol. The molecule has 1 saturated heterocycles. The van der Waals surface area contributed by atoms with Crippen molar-refractivity contribution in [3.8, 4) is 5.75 Å². The molecule has 2 amide bonds. The van der Waals surface area contributed by atoms with E-state index in [-0.39, 0.29) is 18.3 Å². The van der Waals surface area contributed by atoms with Crippen LogP contribution in [-0.2, 0) is 4.79 Å². The van der Waals surface area contributed by atoms with Crippen LogP contribution in [0.5, 0.6) is 5.75 Å². The van der Waals surface area contributed by atoms with Gasteiger partial charge in [0, 0.05) is 37.4 Å². The second-order valence-electron chi connectivity index (χ2n) is 6.44. The maximum absolute atomic E-state index is 13.5. The Kier molecular flexibility index (Phi) is 6.03. The van der Waals surface area contributed by atoms with Gasteiger partial charge in [-0.2, -0.15) is 0 Å². The Labute approximate surface area is 157 Å². The van der Waals surface area contributed by atoms with Crippen LogP contribution in [0.2, 0.25) is 0 Å². The average Bonchev–Trinajstić information content (AvgIpc) is 2.68. The zero-order chi connectivity index (χ0) is 19.2. The largest absolute Gasteiger partial charge is 0.481 e. The summed E-state index contributed by atoms with van der Waals surface area (Å²) in [6.07, 6.45) is 0. The quantitative estimate of drug-likeness (QED) is 0.876. The van der Waals surface area contributed by atoms with Gasteiger partial charge < -0.3 is 19.9 Å². The van der Waals surface area contributed by atoms with Gasteiger partial charge in [0.2, 0.25) is 0 Å². The van der Waals surface area contributed by atoms with Crippen molar-refractivity contribution < 1.29 is 18.7 Å². The molecule has 0 unspecified atom stereocenters. The highest BCUT2D eigenvalue weighted by Gasteiger charge is 2.20. The smallest absolute Gasteiger partial charge is 0.262 e. The average molecular weight is 371 g/mol. The van der Waals surface area contributed by atoms with Crippen molar-refractivity contribution in [1.29, 1.82) is 0 Å². The minimum absolute atomic E-state index is 0.0103. The number of hydrogen-bond donors (Lipinski definition) is 1. The second kappa shape index (κ2) is 8.64. The van der Waals surface area contributed by atoms with E-state index in [1.54, 1.807) is 36.4 Å². The van der Waals surface area contributed by atoms with Crippen molar-refractivity contribution in [1.82, 2.24) is 9.80 Å². The molecule has 1 aliphatic rings. The Morgan fingerprint density at radius 1 is 1.04 bits per heavy atom. The summed E-state index contributed by atoms with van der Waals surface area (Å²) >= 11 is 0. The molecule has 1 N–H and O–H groups in total. The van der Waals surface area contributed by atoms with E-state index in [1.165, 1.54) is 12.1 Å². The number of hydrogen-bond acceptors (Lipinski definition) is 4. The lowest BCUT2D eigenvalue weighted by atomic mass is 10.1. The number of nitrogens with zero attached hydrogens (tertiary/aromatic N) is 2. The number of rotatable bonds is 5. The minimum Gasteiger partial charge on any atom is -0.481 e. The summed E-state index contributed by atoms with van der Waals surface area (Å²) in [4.78, 5) is 28.5. The van der Waals surface area contributed by atoms with Gasteiger partial charge in [0.1, 0.15) is 0 Å². The molecule has 0 spiro atoms. The molecule has 27 heavy (non-hydrogen) atoms. The van der Waals surface area contributed by atoms with E-state index < -0.39 is 11.7 Å². The van der Waals surface area contributed by atoms with Gasteiger partial charge in [0.05, 0.1) is 0 Å². The number of carbonyl (C=O) groups is 2. The molecule has 0 aliphatic carbocycles. The molecular formula is C20H22FN3O3. The van der Waals surface area contributed by atoms with E-state index in [9.17, 15) is 14.0 Å². The lowest BCUT2D eigenvalue weighted by Crippen LogP contribution is -2.47. The first kappa shape index (κ1) is 18.8. The van der Waals surface area contributed by atoms with E-state index in [4.69, 9.17) is 4.74 Å². The lowest BCUT2D eigenvalue weighted by molar-refractivity contribution is -0.118. The van der Waals surface area contributed by atoms with Crippen LogP contribution in [0.4, 0.5) is 10.1 Å². The molecule has 7 heteroatoms. The maximum Gasteiger partial charge on any atom is 0.262 e. The summed E-state index contributed by atoms with van der Waals surface area (Å²) in [5.41, 5.74) is 1.13. The zero-order valence-electron chi connectivity index (χ0n) is 15.2. The third-order valence-electron chi connectivity index (χ3n) is 4.40. The molecule has 0 aromatic heterocycles. The van der Waals surface area contributed by atoms with Crippen LogP contribution in [0.15, 0.2) is 48.5 Å². The number of ether oxygens (including phenoxy) is 1. The standard InChI is InChI=1S/C20H22FN3O3/c1-23-10-12-24(13-11-23)20(26)15-6-8-16(9-7-15)22-19(25)14-27-18-5-3-2-4-17(18)21/h2-9H,10-14H2,1H3,(H,22,25). The van der Waals surface area contributed by atoms with Crippen LogP contribution in [-0.4, -0.2) is 61.4 Å². The highest BCUT2D eigenvalue weighted by Crippen LogP contribution is 2.16. The SMILES string of the molecule is CN1CCN(C(=O)c2ccc(NC(=O)COc3ccccc3F)cc2)CC1. The minimum atomic E-state index is -0.517. The molecule has 1 heterocycles. The summed E-state index contributed by atoms with van der Waals surface area (Å²) < 4.78 is 18.6. The van der Waals surface area contributed by atoms with E-state index in [1.807, 2.05) is 11.9 Å². The summed E-state index contributed by atoms with van der Waals surface area (Å²) in [5, 5.41) is 2.67. The maximum atomic E-state index is 13.5. The zero-order valence-corrected chi connectivity index (χ0v) is 15.2. The van der Waals surface area contributed by atoms with Gasteiger partial charge in [0.25, 0.3) is 11.8 Å². The van der Waals surface area contributed by atoms with E-state index >= 15 is 0 Å². The first-order chi connectivity index (χ1) is 13.0. The van der Waals surface area contributed by atoms with Gasteiger partial charge in [-0.05, 0) is 43.4 Å². The summed E-state index contributed by atoms with van der Waals surface area (Å²) in [7, 11) is 2.04. The first-order valence-corrected chi connectivity index (χ1v) is 8.78. The van der Waals surface area contributed by atoms with Gasteiger partial charge >= 0.3 is 0 Å². The number of benzene rings is 2. The number of nitrogens with one attached hydrogen (secondary N) is 1. The fourth-order valence-electron chi connectivity index (χ4n) is 2.79. The van der Waals surface area contributed by atoms with Crippen LogP contribution in [0, 0.1) is 5.82 Å². The van der Waals surface area contributed by atoms with E-state index in [0.29, 0.717) is 24.3 Å². The van der Waals surface area contributed by atoms with Crippen molar-refractivity contribution in [2.24, 2.45) is 0 Å². The molecule has 3 rings (SSSR count). The van der Waals surface area contributed by atoms with Crippen LogP contribution in [0.3, 0.4) is 0 Å². The van der Waals surface area contributed by atoms with Crippen molar-refractivity contribution in [3.05, 3.63) is 59.9 Å². The third kappa shape index (κ3) is 5.04. The van der Waals surface area contributed by atoms with Crippen molar-refractivity contribution >= 4 is 17.5 Å². The fraction of sp³-hybridized carbons (Fsp3) is 0.300. The van der Waals surface area contributed by atoms with Crippen LogP contribution >= 0.6 is 0 Å².